The van der Waals surface area contributed by atoms with E-state index in [-0.39, 0.29) is 24.8 Å². The molecular formula is C25H42Cl2N2O. The zero-order chi connectivity index (χ0) is 19.7. The molecule has 30 heavy (non-hydrogen) atoms. The van der Waals surface area contributed by atoms with Crippen molar-refractivity contribution in [1.29, 1.82) is 0 Å². The van der Waals surface area contributed by atoms with Gasteiger partial charge in [-0.2, -0.15) is 0 Å². The minimum absolute atomic E-state index is 0. The second kappa shape index (κ2) is 10.9. The maximum Gasteiger partial charge on any atom is 0.119 e. The summed E-state index contributed by atoms with van der Waals surface area (Å²) in [6.07, 6.45) is 10.8. The van der Waals surface area contributed by atoms with Crippen LogP contribution in [0.25, 0.3) is 0 Å². The summed E-state index contributed by atoms with van der Waals surface area (Å²) < 4.78 is 5.47. The summed E-state index contributed by atoms with van der Waals surface area (Å²) in [5.74, 6) is 3.60. The lowest BCUT2D eigenvalue weighted by atomic mass is 9.55. The molecular weight excluding hydrogens is 415 g/mol. The maximum absolute atomic E-state index is 5.47. The van der Waals surface area contributed by atoms with Crippen LogP contribution in [0.3, 0.4) is 0 Å². The molecule has 3 aliphatic carbocycles. The highest BCUT2D eigenvalue weighted by Crippen LogP contribution is 2.60. The van der Waals surface area contributed by atoms with Gasteiger partial charge in [0.1, 0.15) is 5.75 Å². The molecule has 0 amide bonds. The summed E-state index contributed by atoms with van der Waals surface area (Å²) in [4.78, 5) is 2.30. The van der Waals surface area contributed by atoms with Crippen LogP contribution in [-0.2, 0) is 6.42 Å². The lowest BCUT2D eigenvalue weighted by Gasteiger charge is -2.51. The van der Waals surface area contributed by atoms with Crippen LogP contribution in [0.15, 0.2) is 18.2 Å². The minimum Gasteiger partial charge on any atom is -0.497 e. The molecule has 0 saturated heterocycles. The molecule has 1 N–H and O–H groups in total. The molecule has 0 aromatic heterocycles. The summed E-state index contributed by atoms with van der Waals surface area (Å²) >= 11 is 0. The van der Waals surface area contributed by atoms with E-state index in [1.165, 1.54) is 64.5 Å². The zero-order valence-corrected chi connectivity index (χ0v) is 20.9. The number of benzene rings is 1. The van der Waals surface area contributed by atoms with Crippen LogP contribution in [-0.4, -0.2) is 45.2 Å². The fourth-order valence-corrected chi connectivity index (χ4v) is 6.85. The highest BCUT2D eigenvalue weighted by atomic mass is 35.5. The zero-order valence-electron chi connectivity index (χ0n) is 19.3. The van der Waals surface area contributed by atoms with E-state index >= 15 is 0 Å². The van der Waals surface area contributed by atoms with Gasteiger partial charge in [0, 0.05) is 6.04 Å². The van der Waals surface area contributed by atoms with Gasteiger partial charge in [-0.25, -0.2) is 0 Å². The van der Waals surface area contributed by atoms with Crippen LogP contribution < -0.4 is 10.1 Å². The number of halogens is 2. The van der Waals surface area contributed by atoms with E-state index < -0.39 is 0 Å². The van der Waals surface area contributed by atoms with E-state index in [4.69, 9.17) is 4.74 Å². The van der Waals surface area contributed by atoms with Crippen molar-refractivity contribution in [3.05, 3.63) is 29.3 Å². The van der Waals surface area contributed by atoms with E-state index in [0.29, 0.717) is 5.41 Å². The third-order valence-electron chi connectivity index (χ3n) is 8.36. The average Bonchev–Trinajstić information content (AvgIpc) is 3.03. The van der Waals surface area contributed by atoms with E-state index in [2.05, 4.69) is 49.4 Å². The van der Waals surface area contributed by atoms with Crippen molar-refractivity contribution in [2.24, 2.45) is 17.3 Å². The van der Waals surface area contributed by atoms with Crippen molar-refractivity contribution in [2.45, 2.75) is 70.3 Å². The van der Waals surface area contributed by atoms with Gasteiger partial charge in [-0.15, -0.1) is 24.8 Å². The van der Waals surface area contributed by atoms with E-state index in [9.17, 15) is 0 Å². The molecule has 172 valence electrons. The summed E-state index contributed by atoms with van der Waals surface area (Å²) in [7, 11) is 6.13. The standard InChI is InChI=1S/C25H40N2O.2ClH/c1-25-14-13-21-20-10-8-19(28-4)17-18(20)7-9-22(21)23(25)11-12-24(25)26-15-5-6-16-27(2)3;;/h8,10,17,21-24,26H,5-7,9,11-16H2,1-4H3;2*1H/t21-,22-,23+,24+,25+;;/m1../s1. The van der Waals surface area contributed by atoms with E-state index in [1.54, 1.807) is 18.2 Å². The lowest BCUT2D eigenvalue weighted by molar-refractivity contribution is 0.0412. The first-order chi connectivity index (χ1) is 13.5. The smallest absolute Gasteiger partial charge is 0.119 e. The third kappa shape index (κ3) is 4.95. The van der Waals surface area contributed by atoms with Crippen molar-refractivity contribution in [3.63, 3.8) is 0 Å². The number of nitrogens with one attached hydrogen (secondary N) is 1. The third-order valence-corrected chi connectivity index (χ3v) is 8.36. The van der Waals surface area contributed by atoms with Gasteiger partial charge in [0.05, 0.1) is 7.11 Å². The number of hydrogen-bond acceptors (Lipinski definition) is 3. The molecule has 0 bridgehead atoms. The predicted molar refractivity (Wildman–Crippen MR) is 132 cm³/mol. The molecule has 1 aromatic rings. The lowest BCUT2D eigenvalue weighted by Crippen LogP contribution is -2.48. The van der Waals surface area contributed by atoms with Crippen molar-refractivity contribution in [1.82, 2.24) is 10.2 Å². The monoisotopic (exact) mass is 456 g/mol. The number of unbranched alkanes of at least 4 members (excludes halogenated alkanes) is 1. The first-order valence-corrected chi connectivity index (χ1v) is 11.6. The number of methoxy groups -OCH3 is 1. The molecule has 0 heterocycles. The Hall–Kier alpha value is -0.480. The summed E-state index contributed by atoms with van der Waals surface area (Å²) in [6, 6.07) is 7.59. The molecule has 1 aromatic carbocycles. The Morgan fingerprint density at radius 1 is 1.10 bits per heavy atom. The molecule has 5 atom stereocenters. The van der Waals surface area contributed by atoms with Crippen LogP contribution in [0, 0.1) is 17.3 Å². The topological polar surface area (TPSA) is 24.5 Å². The molecule has 0 spiro atoms. The van der Waals surface area contributed by atoms with Gasteiger partial charge in [0.15, 0.2) is 0 Å². The molecule has 4 rings (SSSR count). The number of hydrogen-bond donors (Lipinski definition) is 1. The van der Waals surface area contributed by atoms with Crippen LogP contribution in [0.1, 0.15) is 68.9 Å². The van der Waals surface area contributed by atoms with Crippen LogP contribution >= 0.6 is 24.8 Å². The first-order valence-electron chi connectivity index (χ1n) is 11.6. The molecule has 3 nitrogen and oxygen atoms in total. The van der Waals surface area contributed by atoms with Crippen molar-refractivity contribution < 1.29 is 4.74 Å². The van der Waals surface area contributed by atoms with E-state index in [0.717, 1.165) is 29.5 Å². The minimum atomic E-state index is 0. The van der Waals surface area contributed by atoms with Gasteiger partial charge in [0.2, 0.25) is 0 Å². The molecule has 0 radical (unpaired) electrons. The van der Waals surface area contributed by atoms with Gasteiger partial charge in [-0.3, -0.25) is 0 Å². The second-order valence-corrected chi connectivity index (χ2v) is 10.1. The Morgan fingerprint density at radius 3 is 2.63 bits per heavy atom. The van der Waals surface area contributed by atoms with Gasteiger partial charge in [0.25, 0.3) is 0 Å². The Kier molecular flexibility index (Phi) is 9.36. The summed E-state index contributed by atoms with van der Waals surface area (Å²) in [5.41, 5.74) is 3.70. The molecule has 0 aliphatic heterocycles. The quantitative estimate of drug-likeness (QED) is 0.532. The van der Waals surface area contributed by atoms with E-state index in [1.807, 2.05) is 0 Å². The molecule has 0 unspecified atom stereocenters. The Bertz CT molecular complexity index is 683. The van der Waals surface area contributed by atoms with Gasteiger partial charge in [-0.1, -0.05) is 13.0 Å². The van der Waals surface area contributed by atoms with Crippen molar-refractivity contribution in [3.8, 4) is 5.75 Å². The maximum atomic E-state index is 5.47. The van der Waals surface area contributed by atoms with Gasteiger partial charge < -0.3 is 15.0 Å². The van der Waals surface area contributed by atoms with Crippen molar-refractivity contribution >= 4 is 24.8 Å². The first kappa shape index (κ1) is 25.8. The van der Waals surface area contributed by atoms with Crippen molar-refractivity contribution in [2.75, 3.05) is 34.3 Å². The molecule has 5 heteroatoms. The normalized spacial score (nSPS) is 31.8. The van der Waals surface area contributed by atoms with Crippen LogP contribution in [0.4, 0.5) is 0 Å². The number of rotatable bonds is 7. The molecule has 2 saturated carbocycles. The average molecular weight is 458 g/mol. The Labute approximate surface area is 196 Å². The fourth-order valence-electron chi connectivity index (χ4n) is 6.85. The fraction of sp³-hybridized carbons (Fsp3) is 0.760. The number of fused-ring (bicyclic) bond motifs is 5. The van der Waals surface area contributed by atoms with Crippen LogP contribution in [0.2, 0.25) is 0 Å². The SMILES string of the molecule is COc1ccc2c(c1)CC[C@@H]1[C@@H]2CC[C@]2(C)[C@@H](NCCCCN(C)C)CC[C@@H]12.Cl.Cl. The summed E-state index contributed by atoms with van der Waals surface area (Å²) in [5, 5.41) is 3.99. The summed E-state index contributed by atoms with van der Waals surface area (Å²) in [6.45, 7) is 5.01. The molecule has 3 aliphatic rings. The predicted octanol–water partition coefficient (Wildman–Crippen LogP) is 5.69. The van der Waals surface area contributed by atoms with Gasteiger partial charge >= 0.3 is 0 Å². The number of aryl methyl sites for hydroxylation is 1. The number of nitrogens with zero attached hydrogens (tertiary/aromatic N) is 1. The van der Waals surface area contributed by atoms with Crippen LogP contribution in [0.5, 0.6) is 5.75 Å². The Balaban J connectivity index is 0.00000160. The highest BCUT2D eigenvalue weighted by Gasteiger charge is 2.54. The van der Waals surface area contributed by atoms with Gasteiger partial charge in [-0.05, 0) is 125 Å². The largest absolute Gasteiger partial charge is 0.497 e. The Morgan fingerprint density at radius 2 is 1.90 bits per heavy atom. The second-order valence-electron chi connectivity index (χ2n) is 10.1. The molecule has 2 fully saturated rings. The highest BCUT2D eigenvalue weighted by molar-refractivity contribution is 5.85. The number of ether oxygens (including phenoxy) is 1.